The zero-order valence-electron chi connectivity index (χ0n) is 12.0. The van der Waals surface area contributed by atoms with E-state index in [2.05, 4.69) is 9.88 Å². The molecule has 1 aliphatic rings. The van der Waals surface area contributed by atoms with Crippen molar-refractivity contribution in [3.63, 3.8) is 0 Å². The number of pyridine rings is 1. The highest BCUT2D eigenvalue weighted by Crippen LogP contribution is 2.26. The minimum absolute atomic E-state index is 0.0946. The number of nitrogen functional groups attached to an aromatic ring is 1. The second kappa shape index (κ2) is 6.17. The maximum absolute atomic E-state index is 13.6. The molecule has 1 saturated heterocycles. The number of aromatic nitrogens is 1. The van der Waals surface area contributed by atoms with E-state index in [4.69, 9.17) is 10.5 Å². The van der Waals surface area contributed by atoms with Crippen LogP contribution in [0.4, 0.5) is 20.3 Å². The molecular weight excluding hydrogens is 288 g/mol. The molecule has 0 radical (unpaired) electrons. The van der Waals surface area contributed by atoms with Crippen molar-refractivity contribution < 1.29 is 13.5 Å². The van der Waals surface area contributed by atoms with Crippen molar-refractivity contribution in [1.82, 2.24) is 4.98 Å². The normalized spacial score (nSPS) is 15.8. The lowest BCUT2D eigenvalue weighted by molar-refractivity contribution is 0.163. The lowest BCUT2D eigenvalue weighted by Crippen LogP contribution is -2.39. The highest BCUT2D eigenvalue weighted by Gasteiger charge is 2.23. The van der Waals surface area contributed by atoms with Crippen LogP contribution in [0.2, 0.25) is 0 Å². The zero-order valence-corrected chi connectivity index (χ0v) is 12.0. The van der Waals surface area contributed by atoms with Crippen molar-refractivity contribution in [2.45, 2.75) is 18.9 Å². The first kappa shape index (κ1) is 14.6. The summed E-state index contributed by atoms with van der Waals surface area (Å²) in [7, 11) is 0. The number of nitrogens with zero attached hydrogens (tertiary/aromatic N) is 2. The van der Waals surface area contributed by atoms with Gasteiger partial charge in [0.05, 0.1) is 5.69 Å². The summed E-state index contributed by atoms with van der Waals surface area (Å²) >= 11 is 0. The van der Waals surface area contributed by atoms with Crippen LogP contribution in [0, 0.1) is 11.6 Å². The molecule has 1 aromatic carbocycles. The van der Waals surface area contributed by atoms with Crippen molar-refractivity contribution in [1.29, 1.82) is 0 Å². The molecule has 116 valence electrons. The Bertz CT molecular complexity index is 658. The fraction of sp³-hybridized carbons (Fsp3) is 0.312. The van der Waals surface area contributed by atoms with Gasteiger partial charge in [-0.05, 0) is 24.3 Å². The van der Waals surface area contributed by atoms with Gasteiger partial charge in [-0.15, -0.1) is 0 Å². The lowest BCUT2D eigenvalue weighted by Gasteiger charge is -2.33. The van der Waals surface area contributed by atoms with Gasteiger partial charge in [-0.3, -0.25) is 0 Å². The Kier molecular flexibility index (Phi) is 4.09. The van der Waals surface area contributed by atoms with E-state index in [1.807, 2.05) is 6.07 Å². The van der Waals surface area contributed by atoms with Crippen molar-refractivity contribution >= 4 is 11.5 Å². The van der Waals surface area contributed by atoms with Gasteiger partial charge in [-0.1, -0.05) is 0 Å². The van der Waals surface area contributed by atoms with Crippen LogP contribution in [0.15, 0.2) is 36.5 Å². The van der Waals surface area contributed by atoms with E-state index < -0.39 is 11.6 Å². The van der Waals surface area contributed by atoms with Crippen LogP contribution in [0.1, 0.15) is 12.8 Å². The fourth-order valence-electron chi connectivity index (χ4n) is 2.61. The highest BCUT2D eigenvalue weighted by atomic mass is 19.1. The summed E-state index contributed by atoms with van der Waals surface area (Å²) < 4.78 is 32.1. The summed E-state index contributed by atoms with van der Waals surface area (Å²) in [6.07, 6.45) is 3.07. The number of ether oxygens (including phenoxy) is 1. The quantitative estimate of drug-likeness (QED) is 0.947. The second-order valence-corrected chi connectivity index (χ2v) is 5.30. The van der Waals surface area contributed by atoms with Gasteiger partial charge in [-0.2, -0.15) is 0 Å². The van der Waals surface area contributed by atoms with Gasteiger partial charge in [-0.25, -0.2) is 13.8 Å². The van der Waals surface area contributed by atoms with E-state index >= 15 is 0 Å². The van der Waals surface area contributed by atoms with Crippen molar-refractivity contribution in [3.05, 3.63) is 48.2 Å². The summed E-state index contributed by atoms with van der Waals surface area (Å²) in [5.74, 6) is -0.409. The molecular formula is C16H17F2N3O. The molecule has 2 aromatic rings. The summed E-state index contributed by atoms with van der Waals surface area (Å²) in [6, 6.07) is 6.97. The fourth-order valence-corrected chi connectivity index (χ4v) is 2.61. The first-order valence-electron chi connectivity index (χ1n) is 7.20. The number of anilines is 2. The molecule has 2 heterocycles. The molecule has 0 spiro atoms. The minimum atomic E-state index is -0.670. The lowest BCUT2D eigenvalue weighted by atomic mass is 10.1. The molecule has 0 bridgehead atoms. The van der Waals surface area contributed by atoms with Crippen LogP contribution in [-0.2, 0) is 0 Å². The number of nitrogens with two attached hydrogens (primary N) is 1. The standard InChI is InChI=1S/C16H17F2N3O/c17-11-3-4-15(13(18)10-11)22-12-5-8-21(9-6-12)16-14(19)2-1-7-20-16/h1-4,7,10,12H,5-6,8-9,19H2. The van der Waals surface area contributed by atoms with E-state index in [1.54, 1.807) is 12.3 Å². The number of benzene rings is 1. The maximum Gasteiger partial charge on any atom is 0.167 e. The molecule has 3 rings (SSSR count). The van der Waals surface area contributed by atoms with E-state index in [1.165, 1.54) is 12.1 Å². The average molecular weight is 305 g/mol. The predicted molar refractivity (Wildman–Crippen MR) is 80.9 cm³/mol. The van der Waals surface area contributed by atoms with Gasteiger partial charge in [0.15, 0.2) is 17.4 Å². The Morgan fingerprint density at radius 2 is 1.95 bits per heavy atom. The van der Waals surface area contributed by atoms with Crippen LogP contribution in [0.5, 0.6) is 5.75 Å². The molecule has 22 heavy (non-hydrogen) atoms. The predicted octanol–water partition coefficient (Wildman–Crippen LogP) is 2.99. The number of hydrogen-bond acceptors (Lipinski definition) is 4. The summed E-state index contributed by atoms with van der Waals surface area (Å²) in [5.41, 5.74) is 6.57. The van der Waals surface area contributed by atoms with E-state index in [-0.39, 0.29) is 11.9 Å². The largest absolute Gasteiger partial charge is 0.487 e. The Hall–Kier alpha value is -2.37. The van der Waals surface area contributed by atoms with E-state index in [0.717, 1.165) is 37.8 Å². The van der Waals surface area contributed by atoms with Crippen LogP contribution in [-0.4, -0.2) is 24.2 Å². The molecule has 1 aromatic heterocycles. The van der Waals surface area contributed by atoms with Crippen molar-refractivity contribution in [2.24, 2.45) is 0 Å². The molecule has 0 aliphatic carbocycles. The molecule has 6 heteroatoms. The smallest absolute Gasteiger partial charge is 0.167 e. The van der Waals surface area contributed by atoms with E-state index in [9.17, 15) is 8.78 Å². The third-order valence-corrected chi connectivity index (χ3v) is 3.75. The minimum Gasteiger partial charge on any atom is -0.487 e. The van der Waals surface area contributed by atoms with Crippen molar-refractivity contribution in [2.75, 3.05) is 23.7 Å². The molecule has 4 nitrogen and oxygen atoms in total. The van der Waals surface area contributed by atoms with E-state index in [0.29, 0.717) is 5.69 Å². The van der Waals surface area contributed by atoms with Gasteiger partial charge in [0.2, 0.25) is 0 Å². The number of hydrogen-bond donors (Lipinski definition) is 1. The number of rotatable bonds is 3. The second-order valence-electron chi connectivity index (χ2n) is 5.30. The average Bonchev–Trinajstić information content (AvgIpc) is 2.51. The van der Waals surface area contributed by atoms with Gasteiger partial charge in [0.25, 0.3) is 0 Å². The Morgan fingerprint density at radius 3 is 2.64 bits per heavy atom. The van der Waals surface area contributed by atoms with Crippen LogP contribution < -0.4 is 15.4 Å². The Balaban J connectivity index is 1.61. The number of halogens is 2. The molecule has 0 amide bonds. The van der Waals surface area contributed by atoms with Crippen molar-refractivity contribution in [3.8, 4) is 5.75 Å². The monoisotopic (exact) mass is 305 g/mol. The third kappa shape index (κ3) is 3.10. The first-order chi connectivity index (χ1) is 10.6. The Labute approximate surface area is 127 Å². The third-order valence-electron chi connectivity index (χ3n) is 3.75. The molecule has 1 aliphatic heterocycles. The topological polar surface area (TPSA) is 51.4 Å². The first-order valence-corrected chi connectivity index (χ1v) is 7.20. The maximum atomic E-state index is 13.6. The molecule has 0 atom stereocenters. The molecule has 1 fully saturated rings. The van der Waals surface area contributed by atoms with Gasteiger partial charge in [0, 0.05) is 38.2 Å². The van der Waals surface area contributed by atoms with Gasteiger partial charge < -0.3 is 15.4 Å². The summed E-state index contributed by atoms with van der Waals surface area (Å²) in [4.78, 5) is 6.39. The summed E-state index contributed by atoms with van der Waals surface area (Å²) in [5, 5.41) is 0. The van der Waals surface area contributed by atoms with Crippen LogP contribution in [0.25, 0.3) is 0 Å². The molecule has 0 saturated carbocycles. The SMILES string of the molecule is Nc1cccnc1N1CCC(Oc2ccc(F)cc2F)CC1. The van der Waals surface area contributed by atoms with Crippen LogP contribution in [0.3, 0.4) is 0 Å². The molecule has 0 unspecified atom stereocenters. The number of piperidine rings is 1. The summed E-state index contributed by atoms with van der Waals surface area (Å²) in [6.45, 7) is 1.46. The van der Waals surface area contributed by atoms with Gasteiger partial charge in [0.1, 0.15) is 11.9 Å². The zero-order chi connectivity index (χ0) is 15.5. The van der Waals surface area contributed by atoms with Crippen LogP contribution >= 0.6 is 0 Å². The van der Waals surface area contributed by atoms with Gasteiger partial charge >= 0.3 is 0 Å². The Morgan fingerprint density at radius 1 is 1.18 bits per heavy atom. The molecule has 2 N–H and O–H groups in total. The highest BCUT2D eigenvalue weighted by molar-refractivity contribution is 5.62.